The molecule has 0 aliphatic rings. The number of alkyl halides is 5. The van der Waals surface area contributed by atoms with Crippen molar-refractivity contribution in [1.82, 2.24) is 0 Å². The first-order chi connectivity index (χ1) is 8.57. The van der Waals surface area contributed by atoms with Gasteiger partial charge in [-0.3, -0.25) is 0 Å². The van der Waals surface area contributed by atoms with Crippen LogP contribution in [-0.4, -0.2) is 29.1 Å². The summed E-state index contributed by atoms with van der Waals surface area (Å²) in [4.78, 5) is 0. The molecule has 0 heterocycles. The average Bonchev–Trinajstić information content (AvgIpc) is 2.29. The summed E-state index contributed by atoms with van der Waals surface area (Å²) in [6.45, 7) is -1.61. The maximum atomic E-state index is 13.1. The number of phenolic OH excluding ortho intramolecular Hbond substituents is 1. The summed E-state index contributed by atoms with van der Waals surface area (Å²) in [7, 11) is 0. The lowest BCUT2D eigenvalue weighted by Crippen LogP contribution is -2.36. The number of aliphatic hydroxyl groups is 1. The molecule has 0 aliphatic heterocycles. The Morgan fingerprint density at radius 3 is 2.20 bits per heavy atom. The highest BCUT2D eigenvalue weighted by Crippen LogP contribution is 2.36. The lowest BCUT2D eigenvalue weighted by Gasteiger charge is -2.23. The summed E-state index contributed by atoms with van der Waals surface area (Å²) in [6.07, 6.45) is -5.00. The van der Waals surface area contributed by atoms with E-state index in [9.17, 15) is 27.1 Å². The number of aromatic hydroxyl groups is 1. The van der Waals surface area contributed by atoms with Crippen LogP contribution in [0.3, 0.4) is 0 Å². The number of ether oxygens (including phenoxy) is 1. The second kappa shape index (κ2) is 6.42. The van der Waals surface area contributed by atoms with Gasteiger partial charge in [0.25, 0.3) is 5.92 Å². The molecule has 0 saturated carbocycles. The fourth-order valence-corrected chi connectivity index (χ4v) is 1.30. The molecule has 0 amide bonds. The van der Waals surface area contributed by atoms with E-state index in [-0.39, 0.29) is 12.4 Å². The highest BCUT2D eigenvalue weighted by atomic mass is 35.5. The van der Waals surface area contributed by atoms with Gasteiger partial charge in [-0.05, 0) is 18.2 Å². The van der Waals surface area contributed by atoms with Gasteiger partial charge in [0, 0.05) is 5.56 Å². The summed E-state index contributed by atoms with van der Waals surface area (Å²) in [5.41, 5.74) is 4.44. The number of aliphatic hydroxyl groups excluding tert-OH is 1. The van der Waals surface area contributed by atoms with Gasteiger partial charge in [-0.25, -0.2) is 8.78 Å². The van der Waals surface area contributed by atoms with Gasteiger partial charge in [-0.1, -0.05) is 0 Å². The van der Waals surface area contributed by atoms with Crippen molar-refractivity contribution in [2.45, 2.75) is 18.3 Å². The topological polar surface area (TPSA) is 75.7 Å². The fraction of sp³-hybridized carbons (Fsp3) is 0.400. The van der Waals surface area contributed by atoms with E-state index in [1.54, 1.807) is 0 Å². The van der Waals surface area contributed by atoms with Gasteiger partial charge in [0.15, 0.2) is 0 Å². The minimum absolute atomic E-state index is 0. The van der Waals surface area contributed by atoms with E-state index >= 15 is 0 Å². The van der Waals surface area contributed by atoms with E-state index in [4.69, 9.17) is 10.8 Å². The van der Waals surface area contributed by atoms with E-state index in [0.29, 0.717) is 6.07 Å². The third-order valence-electron chi connectivity index (χ3n) is 2.23. The van der Waals surface area contributed by atoms with Gasteiger partial charge in [-0.15, -0.1) is 25.6 Å². The largest absolute Gasteiger partial charge is 0.573 e. The Morgan fingerprint density at radius 2 is 1.75 bits per heavy atom. The van der Waals surface area contributed by atoms with Gasteiger partial charge in [0.05, 0.1) is 0 Å². The Morgan fingerprint density at radius 1 is 1.20 bits per heavy atom. The molecular formula is C10H11ClF5NO3. The van der Waals surface area contributed by atoms with Gasteiger partial charge in [-0.2, -0.15) is 0 Å². The second-order valence-electron chi connectivity index (χ2n) is 3.67. The summed E-state index contributed by atoms with van der Waals surface area (Å²) >= 11 is 0. The first kappa shape index (κ1) is 18.7. The molecule has 0 fully saturated rings. The van der Waals surface area contributed by atoms with Crippen molar-refractivity contribution in [2.75, 3.05) is 6.61 Å². The van der Waals surface area contributed by atoms with E-state index in [2.05, 4.69) is 4.74 Å². The molecule has 1 aromatic rings. The Balaban J connectivity index is 0.00000361. The Hall–Kier alpha value is -1.32. The van der Waals surface area contributed by atoms with Crippen molar-refractivity contribution < 1.29 is 36.9 Å². The predicted molar refractivity (Wildman–Crippen MR) is 61.0 cm³/mol. The maximum Gasteiger partial charge on any atom is 0.573 e. The summed E-state index contributed by atoms with van der Waals surface area (Å²) in [6, 6.07) is -0.147. The van der Waals surface area contributed by atoms with Crippen LogP contribution in [0.1, 0.15) is 11.6 Å². The van der Waals surface area contributed by atoms with Crippen LogP contribution in [0.2, 0.25) is 0 Å². The molecule has 20 heavy (non-hydrogen) atoms. The van der Waals surface area contributed by atoms with Crippen LogP contribution in [0, 0.1) is 0 Å². The molecule has 4 N–H and O–H groups in total. The zero-order valence-electron chi connectivity index (χ0n) is 9.69. The smallest absolute Gasteiger partial charge is 0.508 e. The third kappa shape index (κ3) is 4.66. The van der Waals surface area contributed by atoms with Crippen molar-refractivity contribution in [1.29, 1.82) is 0 Å². The molecule has 0 radical (unpaired) electrons. The minimum Gasteiger partial charge on any atom is -0.508 e. The molecule has 0 unspecified atom stereocenters. The van der Waals surface area contributed by atoms with Crippen molar-refractivity contribution in [3.8, 4) is 11.5 Å². The number of phenols is 1. The van der Waals surface area contributed by atoms with Crippen LogP contribution in [0.5, 0.6) is 11.5 Å². The molecule has 1 atom stereocenters. The standard InChI is InChI=1S/C10H10F5NO3.ClH/c11-9(12,4-17)8(16)6-3-5(1-2-7(6)18)19-10(13,14)15;/h1-3,8,17-18H,4,16H2;1H/t8-;/m0./s1. The van der Waals surface area contributed by atoms with Gasteiger partial charge < -0.3 is 20.7 Å². The SMILES string of the molecule is Cl.N[C@@H](c1cc(OC(F)(F)F)ccc1O)C(F)(F)CO. The quantitative estimate of drug-likeness (QED) is 0.743. The number of benzene rings is 1. The fourth-order valence-electron chi connectivity index (χ4n) is 1.30. The van der Waals surface area contributed by atoms with E-state index in [0.717, 1.165) is 12.1 Å². The lowest BCUT2D eigenvalue weighted by molar-refractivity contribution is -0.274. The van der Waals surface area contributed by atoms with Gasteiger partial charge in [0.1, 0.15) is 24.1 Å². The maximum absolute atomic E-state index is 13.1. The highest BCUT2D eigenvalue weighted by molar-refractivity contribution is 5.85. The molecule has 4 nitrogen and oxygen atoms in total. The highest BCUT2D eigenvalue weighted by Gasteiger charge is 2.39. The molecular weight excluding hydrogens is 313 g/mol. The van der Waals surface area contributed by atoms with Crippen molar-refractivity contribution in [3.63, 3.8) is 0 Å². The number of hydrogen-bond acceptors (Lipinski definition) is 4. The van der Waals surface area contributed by atoms with Crippen LogP contribution in [0.15, 0.2) is 18.2 Å². The van der Waals surface area contributed by atoms with Gasteiger partial charge >= 0.3 is 6.36 Å². The first-order valence-electron chi connectivity index (χ1n) is 4.90. The van der Waals surface area contributed by atoms with Crippen LogP contribution >= 0.6 is 12.4 Å². The average molecular weight is 324 g/mol. The van der Waals surface area contributed by atoms with Gasteiger partial charge in [0.2, 0.25) is 0 Å². The lowest BCUT2D eigenvalue weighted by atomic mass is 10.0. The molecule has 1 aromatic carbocycles. The van der Waals surface area contributed by atoms with Crippen LogP contribution in [-0.2, 0) is 0 Å². The molecule has 0 saturated heterocycles. The van der Waals surface area contributed by atoms with Crippen molar-refractivity contribution in [3.05, 3.63) is 23.8 Å². The molecule has 0 aromatic heterocycles. The van der Waals surface area contributed by atoms with E-state index < -0.39 is 42.0 Å². The molecule has 0 bridgehead atoms. The molecule has 116 valence electrons. The van der Waals surface area contributed by atoms with E-state index in [1.165, 1.54) is 0 Å². The van der Waals surface area contributed by atoms with E-state index in [1.807, 2.05) is 0 Å². The molecule has 0 spiro atoms. The Bertz CT molecular complexity index is 455. The molecule has 0 aliphatic carbocycles. The summed E-state index contributed by atoms with van der Waals surface area (Å²) in [5.74, 6) is -5.33. The Kier molecular flexibility index (Phi) is 6.00. The third-order valence-corrected chi connectivity index (χ3v) is 2.23. The van der Waals surface area contributed by atoms with Crippen molar-refractivity contribution >= 4 is 12.4 Å². The molecule has 1 rings (SSSR count). The zero-order chi connectivity index (χ0) is 14.8. The van der Waals surface area contributed by atoms with Crippen LogP contribution in [0.4, 0.5) is 22.0 Å². The number of nitrogens with two attached hydrogens (primary N) is 1. The number of hydrogen-bond donors (Lipinski definition) is 3. The summed E-state index contributed by atoms with van der Waals surface area (Å²) in [5, 5.41) is 17.8. The predicted octanol–water partition coefficient (Wildman–Crippen LogP) is 2.34. The molecule has 10 heteroatoms. The second-order valence-corrected chi connectivity index (χ2v) is 3.67. The monoisotopic (exact) mass is 323 g/mol. The Labute approximate surface area is 116 Å². The minimum atomic E-state index is -5.00. The number of halogens is 6. The van der Waals surface area contributed by atoms with Crippen molar-refractivity contribution in [2.24, 2.45) is 5.73 Å². The van der Waals surface area contributed by atoms with Crippen LogP contribution < -0.4 is 10.5 Å². The first-order valence-corrected chi connectivity index (χ1v) is 4.90. The normalized spacial score (nSPS) is 13.6. The summed E-state index contributed by atoms with van der Waals surface area (Å²) < 4.78 is 65.7. The van der Waals surface area contributed by atoms with Crippen LogP contribution in [0.25, 0.3) is 0 Å². The zero-order valence-corrected chi connectivity index (χ0v) is 10.5. The number of rotatable bonds is 4.